The molecular weight excluding hydrogens is 648 g/mol. The number of hydrogen-bond donors (Lipinski definition) is 1. The summed E-state index contributed by atoms with van der Waals surface area (Å²) in [5.41, 5.74) is 4.77. The van der Waals surface area contributed by atoms with E-state index in [1.165, 1.54) is 0 Å². The third kappa shape index (κ3) is 6.33. The van der Waals surface area contributed by atoms with Crippen LogP contribution in [0, 0.1) is 6.92 Å². The number of nitrogens with zero attached hydrogens (tertiary/aromatic N) is 5. The summed E-state index contributed by atoms with van der Waals surface area (Å²) in [6.07, 6.45) is 5.50. The van der Waals surface area contributed by atoms with Crippen molar-refractivity contribution in [2.75, 3.05) is 0 Å². The molecule has 0 radical (unpaired) electrons. The molecule has 2 heterocycles. The number of halogens is 1. The number of sulfonamides is 1. The smallest absolute Gasteiger partial charge is 0.276 e. The molecule has 6 rings (SSSR count). The molecule has 0 saturated heterocycles. The van der Waals surface area contributed by atoms with Crippen LogP contribution < -0.4 is 4.83 Å². The Balaban J connectivity index is 1.51. The van der Waals surface area contributed by atoms with E-state index in [4.69, 9.17) is 4.98 Å². The van der Waals surface area contributed by atoms with E-state index in [9.17, 15) is 8.42 Å². The van der Waals surface area contributed by atoms with Crippen LogP contribution in [0.1, 0.15) is 33.6 Å². The zero-order valence-electron chi connectivity index (χ0n) is 24.3. The average Bonchev–Trinajstić information content (AvgIpc) is 3.56. The minimum absolute atomic E-state index is 0.114. The SMILES string of the molecule is Cc1ccc(S(=O)(=O)N/N=C(\Cc2ccnc(Br)n2)c2cn(C(c3ccccc3)(c3ccccc3)c3ccccc3)cn2)cc1. The van der Waals surface area contributed by atoms with E-state index in [2.05, 4.69) is 76.8 Å². The molecule has 0 saturated carbocycles. The van der Waals surface area contributed by atoms with Crippen LogP contribution in [-0.4, -0.2) is 33.6 Å². The van der Waals surface area contributed by atoms with Gasteiger partial charge in [-0.3, -0.25) is 0 Å². The average molecular weight is 678 g/mol. The molecule has 0 fully saturated rings. The molecule has 45 heavy (non-hydrogen) atoms. The summed E-state index contributed by atoms with van der Waals surface area (Å²) in [6.45, 7) is 1.90. The van der Waals surface area contributed by atoms with Crippen molar-refractivity contribution in [3.63, 3.8) is 0 Å². The molecule has 2 aromatic heterocycles. The highest BCUT2D eigenvalue weighted by Crippen LogP contribution is 2.40. The molecule has 0 bridgehead atoms. The maximum Gasteiger partial charge on any atom is 0.276 e. The van der Waals surface area contributed by atoms with Crippen molar-refractivity contribution in [1.29, 1.82) is 0 Å². The zero-order valence-corrected chi connectivity index (χ0v) is 26.7. The third-order valence-electron chi connectivity index (χ3n) is 7.50. The lowest BCUT2D eigenvalue weighted by molar-refractivity contribution is 0.514. The van der Waals surface area contributed by atoms with Gasteiger partial charge in [0.15, 0.2) is 4.73 Å². The summed E-state index contributed by atoms with van der Waals surface area (Å²) in [5.74, 6) is 0. The monoisotopic (exact) mass is 676 g/mol. The number of hydrazone groups is 1. The fourth-order valence-corrected chi connectivity index (χ4v) is 6.53. The molecule has 0 unspecified atom stereocenters. The van der Waals surface area contributed by atoms with Crippen LogP contribution in [0.4, 0.5) is 0 Å². The highest BCUT2D eigenvalue weighted by molar-refractivity contribution is 9.10. The van der Waals surface area contributed by atoms with Gasteiger partial charge < -0.3 is 4.57 Å². The Labute approximate surface area is 270 Å². The normalized spacial score (nSPS) is 12.2. The van der Waals surface area contributed by atoms with Crippen molar-refractivity contribution in [2.45, 2.75) is 23.8 Å². The van der Waals surface area contributed by atoms with E-state index in [0.717, 1.165) is 22.3 Å². The molecule has 0 aliphatic rings. The van der Waals surface area contributed by atoms with Gasteiger partial charge in [-0.1, -0.05) is 109 Å². The van der Waals surface area contributed by atoms with Crippen LogP contribution in [0.3, 0.4) is 0 Å². The number of imidazole rings is 1. The fourth-order valence-electron chi connectivity index (χ4n) is 5.35. The summed E-state index contributed by atoms with van der Waals surface area (Å²) in [5, 5.41) is 4.43. The lowest BCUT2D eigenvalue weighted by atomic mass is 9.77. The van der Waals surface area contributed by atoms with E-state index < -0.39 is 15.6 Å². The molecule has 10 heteroatoms. The van der Waals surface area contributed by atoms with Crippen LogP contribution in [-0.2, 0) is 22.0 Å². The van der Waals surface area contributed by atoms with Crippen LogP contribution >= 0.6 is 15.9 Å². The van der Waals surface area contributed by atoms with Crippen LogP contribution in [0.5, 0.6) is 0 Å². The van der Waals surface area contributed by atoms with Gasteiger partial charge in [-0.15, -0.1) is 0 Å². The minimum atomic E-state index is -3.95. The first-order valence-corrected chi connectivity index (χ1v) is 16.5. The quantitative estimate of drug-likeness (QED) is 0.0772. The number of aryl methyl sites for hydroxylation is 1. The van der Waals surface area contributed by atoms with Crippen LogP contribution in [0.2, 0.25) is 0 Å². The Morgan fingerprint density at radius 1 is 0.800 bits per heavy atom. The summed E-state index contributed by atoms with van der Waals surface area (Å²) >= 11 is 3.33. The molecular formula is C35H29BrN6O2S. The van der Waals surface area contributed by atoms with Crippen molar-refractivity contribution in [1.82, 2.24) is 24.4 Å². The van der Waals surface area contributed by atoms with Crippen molar-refractivity contribution in [2.24, 2.45) is 5.10 Å². The Kier molecular flexibility index (Phi) is 8.68. The van der Waals surface area contributed by atoms with Gasteiger partial charge in [0.05, 0.1) is 22.6 Å². The summed E-state index contributed by atoms with van der Waals surface area (Å²) in [6, 6.07) is 39.1. The van der Waals surface area contributed by atoms with Crippen LogP contribution in [0.25, 0.3) is 0 Å². The van der Waals surface area contributed by atoms with Gasteiger partial charge in [0.1, 0.15) is 11.2 Å². The molecule has 0 spiro atoms. The van der Waals surface area contributed by atoms with E-state index in [1.807, 2.05) is 67.7 Å². The summed E-state index contributed by atoms with van der Waals surface area (Å²) in [4.78, 5) is 15.9. The van der Waals surface area contributed by atoms with Gasteiger partial charge in [-0.2, -0.15) is 18.4 Å². The van der Waals surface area contributed by atoms with Gasteiger partial charge in [0.25, 0.3) is 10.0 Å². The summed E-state index contributed by atoms with van der Waals surface area (Å²) < 4.78 is 28.9. The predicted octanol–water partition coefficient (Wildman–Crippen LogP) is 6.51. The van der Waals surface area contributed by atoms with Crippen molar-refractivity contribution < 1.29 is 8.42 Å². The van der Waals surface area contributed by atoms with Crippen molar-refractivity contribution in [3.8, 4) is 0 Å². The molecule has 1 N–H and O–H groups in total. The van der Waals surface area contributed by atoms with Crippen molar-refractivity contribution in [3.05, 3.63) is 178 Å². The van der Waals surface area contributed by atoms with E-state index in [1.54, 1.807) is 42.9 Å². The first kappa shape index (κ1) is 30.1. The second kappa shape index (κ2) is 13.0. The van der Waals surface area contributed by atoms with E-state index >= 15 is 0 Å². The number of nitrogens with one attached hydrogen (secondary N) is 1. The van der Waals surface area contributed by atoms with E-state index in [0.29, 0.717) is 21.8 Å². The second-order valence-electron chi connectivity index (χ2n) is 10.4. The number of aromatic nitrogens is 4. The maximum absolute atomic E-state index is 13.2. The van der Waals surface area contributed by atoms with Gasteiger partial charge in [-0.25, -0.2) is 15.0 Å². The van der Waals surface area contributed by atoms with Crippen molar-refractivity contribution >= 4 is 31.7 Å². The molecule has 4 aromatic carbocycles. The molecule has 0 amide bonds. The second-order valence-corrected chi connectivity index (χ2v) is 12.8. The summed E-state index contributed by atoms with van der Waals surface area (Å²) in [7, 11) is -3.95. The van der Waals surface area contributed by atoms with Crippen LogP contribution in [0.15, 0.2) is 155 Å². The lowest BCUT2D eigenvalue weighted by Gasteiger charge is -2.37. The molecule has 6 aromatic rings. The first-order valence-electron chi connectivity index (χ1n) is 14.2. The largest absolute Gasteiger partial charge is 0.318 e. The van der Waals surface area contributed by atoms with E-state index in [-0.39, 0.29) is 11.3 Å². The molecule has 224 valence electrons. The minimum Gasteiger partial charge on any atom is -0.318 e. The molecule has 0 atom stereocenters. The first-order chi connectivity index (χ1) is 21.9. The highest BCUT2D eigenvalue weighted by atomic mass is 79.9. The molecule has 0 aliphatic carbocycles. The number of rotatable bonds is 10. The Bertz CT molecular complexity index is 1940. The third-order valence-corrected chi connectivity index (χ3v) is 9.11. The number of benzene rings is 4. The standard InChI is InChI=1S/C35H29BrN6O2S/c1-26-17-19-31(20-18-26)45(43,44)41-40-32(23-30-21-22-37-34(36)39-30)33-24-42(25-38-33)35(27-11-5-2-6-12-27,28-13-7-3-8-14-28)29-15-9-4-10-16-29/h2-22,24-25,41H,23H2,1H3/b40-32+. The molecule has 8 nitrogen and oxygen atoms in total. The van der Waals surface area contributed by atoms with Gasteiger partial charge in [0, 0.05) is 18.8 Å². The number of hydrogen-bond acceptors (Lipinski definition) is 6. The Morgan fingerprint density at radius 3 is 1.89 bits per heavy atom. The topological polar surface area (TPSA) is 102 Å². The highest BCUT2D eigenvalue weighted by Gasteiger charge is 2.38. The molecule has 0 aliphatic heterocycles. The Hall–Kier alpha value is -4.93. The maximum atomic E-state index is 13.2. The van der Waals surface area contributed by atoms with Gasteiger partial charge in [0.2, 0.25) is 0 Å². The zero-order chi connectivity index (χ0) is 31.3. The van der Waals surface area contributed by atoms with Gasteiger partial charge >= 0.3 is 0 Å². The Morgan fingerprint density at radius 2 is 1.36 bits per heavy atom. The lowest BCUT2D eigenvalue weighted by Crippen LogP contribution is -2.37. The predicted molar refractivity (Wildman–Crippen MR) is 178 cm³/mol. The fraction of sp³-hybridized carbons (Fsp3) is 0.0857. The van der Waals surface area contributed by atoms with Gasteiger partial charge in [-0.05, 0) is 57.7 Å².